The molecule has 0 spiro atoms. The van der Waals surface area contributed by atoms with Gasteiger partial charge in [-0.3, -0.25) is 4.79 Å². The average molecular weight is 204 g/mol. The molecule has 0 aromatic rings. The first kappa shape index (κ1) is 15.7. The van der Waals surface area contributed by atoms with E-state index in [4.69, 9.17) is 9.90 Å². The van der Waals surface area contributed by atoms with Crippen LogP contribution in [0.3, 0.4) is 0 Å². The van der Waals surface area contributed by atoms with Gasteiger partial charge in [0.25, 0.3) is 0 Å². The van der Waals surface area contributed by atoms with Crippen LogP contribution in [0.15, 0.2) is 0 Å². The van der Waals surface area contributed by atoms with E-state index in [9.17, 15) is 0 Å². The molecule has 0 aromatic heterocycles. The van der Waals surface area contributed by atoms with Gasteiger partial charge in [0.15, 0.2) is 0 Å². The topological polar surface area (TPSA) is 37.3 Å². The van der Waals surface area contributed by atoms with Crippen molar-refractivity contribution in [1.29, 1.82) is 0 Å². The minimum atomic E-state index is -1.08. The minimum absolute atomic E-state index is 0. The molecule has 31 valence electrons. The van der Waals surface area contributed by atoms with Gasteiger partial charge in [0.1, 0.15) is 0 Å². The van der Waals surface area contributed by atoms with Gasteiger partial charge >= 0.3 is 59.4 Å². The summed E-state index contributed by atoms with van der Waals surface area (Å²) < 4.78 is 0. The fourth-order valence-corrected chi connectivity index (χ4v) is 0. The molecule has 2 nitrogen and oxygen atoms in total. The molecule has 0 aromatic carbocycles. The molecular weight excluding hydrogens is 198 g/mol. The standard InChI is InChI=1S/C2H3O2.Na.Sn.3H/c1-2(3)4;;;;;/h1H2,(H,3,4);;;;;. The van der Waals surface area contributed by atoms with Crippen LogP contribution in [0, 0.1) is 6.92 Å². The number of hydrogen-bond acceptors (Lipinski definition) is 1. The van der Waals surface area contributed by atoms with Crippen molar-refractivity contribution in [2.75, 3.05) is 0 Å². The summed E-state index contributed by atoms with van der Waals surface area (Å²) in [6.07, 6.45) is 0. The van der Waals surface area contributed by atoms with Gasteiger partial charge in [-0.1, -0.05) is 0 Å². The maximum atomic E-state index is 8.89. The van der Waals surface area contributed by atoms with Crippen molar-refractivity contribution >= 4 is 59.4 Å². The molecule has 0 heterocycles. The molecule has 0 aliphatic rings. The molecule has 0 saturated heterocycles. The predicted octanol–water partition coefficient (Wildman–Crippen LogP) is -1.66. The van der Waals surface area contributed by atoms with Crippen LogP contribution in [0.25, 0.3) is 0 Å². The Labute approximate surface area is 75.6 Å². The third kappa shape index (κ3) is 59.6. The molecule has 3 radical (unpaired) electrons. The van der Waals surface area contributed by atoms with E-state index < -0.39 is 5.97 Å². The van der Waals surface area contributed by atoms with Crippen molar-refractivity contribution in [3.63, 3.8) is 0 Å². The van der Waals surface area contributed by atoms with E-state index in [0.717, 1.165) is 0 Å². The summed E-state index contributed by atoms with van der Waals surface area (Å²) in [4.78, 5) is 8.89. The van der Waals surface area contributed by atoms with Crippen LogP contribution in [0.2, 0.25) is 0 Å². The van der Waals surface area contributed by atoms with Crippen molar-refractivity contribution in [2.45, 2.75) is 0 Å². The van der Waals surface area contributed by atoms with Crippen LogP contribution < -0.4 is 0 Å². The van der Waals surface area contributed by atoms with Crippen LogP contribution in [0.5, 0.6) is 0 Å². The third-order valence-electron chi connectivity index (χ3n) is 0. The van der Waals surface area contributed by atoms with Gasteiger partial charge in [0, 0.05) is 0 Å². The van der Waals surface area contributed by atoms with E-state index in [0.29, 0.717) is 0 Å². The number of hydrogen-bond donors (Lipinski definition) is 1. The van der Waals surface area contributed by atoms with Gasteiger partial charge in [-0.05, 0) is 0 Å². The quantitative estimate of drug-likeness (QED) is 0.479. The van der Waals surface area contributed by atoms with E-state index >= 15 is 0 Å². The second-order valence-electron chi connectivity index (χ2n) is 0.394. The molecule has 4 heteroatoms. The molecule has 0 fully saturated rings. The fraction of sp³-hybridized carbons (Fsp3) is 0. The summed E-state index contributed by atoms with van der Waals surface area (Å²) in [7, 11) is 0. The number of aliphatic carboxylic acids is 1. The van der Waals surface area contributed by atoms with Crippen molar-refractivity contribution in [2.24, 2.45) is 0 Å². The van der Waals surface area contributed by atoms with Crippen molar-refractivity contribution in [3.05, 3.63) is 6.92 Å². The van der Waals surface area contributed by atoms with Crippen LogP contribution in [0.4, 0.5) is 0 Å². The molecule has 0 atom stereocenters. The molecular formula is C2H6NaO2Sn. The van der Waals surface area contributed by atoms with Crippen molar-refractivity contribution in [1.82, 2.24) is 0 Å². The summed E-state index contributed by atoms with van der Waals surface area (Å²) in [6, 6.07) is 0. The normalized spacial score (nSPS) is 4.17. The number of carboxylic acid groups (broad SMARTS) is 1. The Morgan fingerprint density at radius 2 is 1.67 bits per heavy atom. The van der Waals surface area contributed by atoms with E-state index in [-0.39, 0.29) is 53.5 Å². The van der Waals surface area contributed by atoms with Crippen molar-refractivity contribution < 1.29 is 9.90 Å². The third-order valence-corrected chi connectivity index (χ3v) is 0. The van der Waals surface area contributed by atoms with Gasteiger partial charge in [-0.25, -0.2) is 0 Å². The van der Waals surface area contributed by atoms with E-state index in [1.807, 2.05) is 0 Å². The molecule has 1 N–H and O–H groups in total. The second-order valence-corrected chi connectivity index (χ2v) is 0.394. The van der Waals surface area contributed by atoms with Crippen molar-refractivity contribution in [3.8, 4) is 0 Å². The van der Waals surface area contributed by atoms with Gasteiger partial charge in [0.05, 0.1) is 6.92 Å². The summed E-state index contributed by atoms with van der Waals surface area (Å²) >= 11 is 0. The zero-order valence-corrected chi connectivity index (χ0v) is 6.81. The first-order valence-corrected chi connectivity index (χ1v) is 0.781. The first-order valence-electron chi connectivity index (χ1n) is 0.781. The summed E-state index contributed by atoms with van der Waals surface area (Å²) in [5.74, 6) is -1.08. The average Bonchev–Trinajstić information content (AvgIpc) is 0.811. The molecule has 0 amide bonds. The summed E-state index contributed by atoms with van der Waals surface area (Å²) in [5, 5.41) is 7.31. The fourth-order valence-electron chi connectivity index (χ4n) is 0. The van der Waals surface area contributed by atoms with E-state index in [1.54, 1.807) is 0 Å². The molecule has 0 unspecified atom stereocenters. The van der Waals surface area contributed by atoms with E-state index in [1.165, 1.54) is 0 Å². The Morgan fingerprint density at radius 3 is 1.67 bits per heavy atom. The number of rotatable bonds is 0. The zero-order valence-electron chi connectivity index (χ0n) is 2.77. The number of carbonyl (C=O) groups is 1. The molecule has 0 bridgehead atoms. The summed E-state index contributed by atoms with van der Waals surface area (Å²) in [5.41, 5.74) is 0. The number of carboxylic acids is 1. The molecule has 0 saturated carbocycles. The first-order chi connectivity index (χ1) is 1.73. The molecule has 6 heavy (non-hydrogen) atoms. The predicted molar refractivity (Wildman–Crippen MR) is 28.7 cm³/mol. The van der Waals surface area contributed by atoms with Gasteiger partial charge in [-0.2, -0.15) is 0 Å². The SMILES string of the molecule is [CH2]C(=O)O.[NaH].[SnH2]. The Hall–Kier alpha value is 1.27. The Bertz CT molecular complexity index is 34.5. The van der Waals surface area contributed by atoms with Gasteiger partial charge < -0.3 is 5.11 Å². The van der Waals surface area contributed by atoms with E-state index in [2.05, 4.69) is 6.92 Å². The summed E-state index contributed by atoms with van der Waals surface area (Å²) in [6.45, 7) is 2.56. The van der Waals surface area contributed by atoms with Crippen LogP contribution >= 0.6 is 0 Å². The zero-order chi connectivity index (χ0) is 3.58. The van der Waals surface area contributed by atoms with Gasteiger partial charge in [0.2, 0.25) is 0 Å². The Morgan fingerprint density at radius 1 is 1.67 bits per heavy atom. The molecule has 0 aliphatic heterocycles. The van der Waals surface area contributed by atoms with Crippen LogP contribution in [-0.4, -0.2) is 64.5 Å². The second kappa shape index (κ2) is 9.55. The maximum absolute atomic E-state index is 8.89. The Balaban J connectivity index is -0.0000000450. The van der Waals surface area contributed by atoms with Crippen LogP contribution in [-0.2, 0) is 4.79 Å². The molecule has 0 rings (SSSR count). The monoisotopic (exact) mass is 205 g/mol. The molecule has 0 aliphatic carbocycles. The van der Waals surface area contributed by atoms with Crippen LogP contribution in [0.1, 0.15) is 0 Å². The van der Waals surface area contributed by atoms with Gasteiger partial charge in [-0.15, -0.1) is 0 Å². The Kier molecular flexibility index (Phi) is 24.9.